The predicted molar refractivity (Wildman–Crippen MR) is 149 cm³/mol. The number of hydrogen-bond acceptors (Lipinski definition) is 5. The van der Waals surface area contributed by atoms with E-state index in [0.717, 1.165) is 29.3 Å². The molecular weight excluding hydrogens is 492 g/mol. The Labute approximate surface area is 223 Å². The largest absolute Gasteiger partial charge is 0.465 e. The molecule has 0 atom stereocenters. The molecule has 198 valence electrons. The fourth-order valence-electron chi connectivity index (χ4n) is 4.13. The Hall–Kier alpha value is -3.65. The zero-order chi connectivity index (χ0) is 26.2. The van der Waals surface area contributed by atoms with Crippen molar-refractivity contribution in [3.05, 3.63) is 65.4 Å². The summed E-state index contributed by atoms with van der Waals surface area (Å²) in [6.45, 7) is 3.84. The molecule has 1 aromatic heterocycles. The smallest absolute Gasteiger partial charge is 0.326 e. The molecule has 2 aromatic carbocycles. The quantitative estimate of drug-likeness (QED) is 0.152. The van der Waals surface area contributed by atoms with Gasteiger partial charge in [0.2, 0.25) is 5.91 Å². The van der Waals surface area contributed by atoms with Crippen LogP contribution in [0, 0.1) is 5.41 Å². The van der Waals surface area contributed by atoms with Gasteiger partial charge in [0.25, 0.3) is 0 Å². The van der Waals surface area contributed by atoms with Crippen LogP contribution in [0.15, 0.2) is 48.7 Å². The number of nitrogens with zero attached hydrogens (tertiary/aromatic N) is 2. The topological polar surface area (TPSA) is 118 Å². The molecule has 1 amide bonds. The molecule has 0 aliphatic rings. The van der Waals surface area contributed by atoms with Crippen LogP contribution in [0.2, 0.25) is 0 Å². The number of unbranched alkanes of at least 4 members (excludes halogenated alkanes) is 1. The third-order valence-electron chi connectivity index (χ3n) is 6.13. The molecule has 37 heavy (non-hydrogen) atoms. The number of ketones is 1. The third-order valence-corrected chi connectivity index (χ3v) is 6.13. The van der Waals surface area contributed by atoms with Gasteiger partial charge in [-0.25, -0.2) is 0 Å². The van der Waals surface area contributed by atoms with E-state index in [1.165, 1.54) is 4.90 Å². The van der Waals surface area contributed by atoms with Crippen LogP contribution in [0.1, 0.15) is 61.0 Å². The number of nitrogen functional groups attached to an aromatic ring is 1. The molecular formula is C28H35ClN4O4. The molecule has 0 saturated heterocycles. The zero-order valence-corrected chi connectivity index (χ0v) is 22.4. The first-order chi connectivity index (χ1) is 17.2. The second-order valence-electron chi connectivity index (χ2n) is 8.78. The fourth-order valence-corrected chi connectivity index (χ4v) is 4.13. The Morgan fingerprint density at radius 2 is 1.76 bits per heavy atom. The van der Waals surface area contributed by atoms with Crippen LogP contribution in [0.3, 0.4) is 0 Å². The van der Waals surface area contributed by atoms with Gasteiger partial charge in [-0.15, -0.1) is 12.4 Å². The molecule has 1 heterocycles. The van der Waals surface area contributed by atoms with Gasteiger partial charge in [-0.2, -0.15) is 0 Å². The molecule has 0 bridgehead atoms. The average molecular weight is 527 g/mol. The van der Waals surface area contributed by atoms with Crippen LogP contribution in [0.5, 0.6) is 0 Å². The lowest BCUT2D eigenvalue weighted by atomic mass is 10.0. The Morgan fingerprint density at radius 3 is 2.38 bits per heavy atom. The van der Waals surface area contributed by atoms with E-state index in [1.807, 2.05) is 49.0 Å². The zero-order valence-electron chi connectivity index (χ0n) is 21.6. The number of aromatic nitrogens is 1. The molecule has 0 spiro atoms. The number of carbonyl (C=O) groups excluding carboxylic acids is 3. The monoisotopic (exact) mass is 526 g/mol. The number of rotatable bonds is 12. The molecule has 0 unspecified atom stereocenters. The van der Waals surface area contributed by atoms with Gasteiger partial charge in [0.05, 0.1) is 12.1 Å². The lowest BCUT2D eigenvalue weighted by Gasteiger charge is -2.22. The van der Waals surface area contributed by atoms with Gasteiger partial charge >= 0.3 is 5.97 Å². The first-order valence-corrected chi connectivity index (χ1v) is 12.3. The highest BCUT2D eigenvalue weighted by Gasteiger charge is 2.22. The number of halogens is 1. The summed E-state index contributed by atoms with van der Waals surface area (Å²) in [7, 11) is 1.86. The number of anilines is 1. The summed E-state index contributed by atoms with van der Waals surface area (Å²) in [6, 6.07) is 12.8. The molecule has 3 rings (SSSR count). The predicted octanol–water partition coefficient (Wildman–Crippen LogP) is 4.79. The van der Waals surface area contributed by atoms with E-state index in [9.17, 15) is 14.4 Å². The van der Waals surface area contributed by atoms with Crippen LogP contribution in [0.4, 0.5) is 5.69 Å². The highest BCUT2D eigenvalue weighted by atomic mass is 35.5. The number of nitrogens with two attached hydrogens (primary N) is 1. The number of ether oxygens (including phenoxy) is 1. The number of aryl methyl sites for hydroxylation is 2. The van der Waals surface area contributed by atoms with Crippen molar-refractivity contribution in [2.24, 2.45) is 12.8 Å². The number of amides is 1. The summed E-state index contributed by atoms with van der Waals surface area (Å²) in [5.74, 6) is -0.556. The highest BCUT2D eigenvalue weighted by molar-refractivity contribution is 6.09. The molecule has 0 aliphatic carbocycles. The maximum atomic E-state index is 13.1. The first kappa shape index (κ1) is 29.6. The molecule has 3 N–H and O–H groups in total. The van der Waals surface area contributed by atoms with Crippen LogP contribution < -0.4 is 10.6 Å². The highest BCUT2D eigenvalue weighted by Crippen LogP contribution is 2.28. The minimum atomic E-state index is -0.457. The lowest BCUT2D eigenvalue weighted by molar-refractivity contribution is -0.142. The summed E-state index contributed by atoms with van der Waals surface area (Å²) < 4.78 is 6.95. The summed E-state index contributed by atoms with van der Waals surface area (Å²) in [4.78, 5) is 39.6. The lowest BCUT2D eigenvalue weighted by Crippen LogP contribution is -2.36. The van der Waals surface area contributed by atoms with Crippen LogP contribution in [-0.4, -0.2) is 41.2 Å². The molecule has 0 aliphatic heterocycles. The maximum absolute atomic E-state index is 13.1. The average Bonchev–Trinajstić information content (AvgIpc) is 3.20. The summed E-state index contributed by atoms with van der Waals surface area (Å²) in [6.07, 6.45) is 4.68. The van der Waals surface area contributed by atoms with Gasteiger partial charge in [-0.05, 0) is 37.5 Å². The maximum Gasteiger partial charge on any atom is 0.326 e. The van der Waals surface area contributed by atoms with Crippen molar-refractivity contribution in [2.75, 3.05) is 18.1 Å². The third kappa shape index (κ3) is 7.43. The van der Waals surface area contributed by atoms with Crippen LogP contribution >= 0.6 is 12.4 Å². The Bertz CT molecular complexity index is 1270. The van der Waals surface area contributed by atoms with Crippen molar-refractivity contribution in [3.8, 4) is 0 Å². The standard InChI is InChI=1S/C28H34N4O4.ClH/c1-4-6-7-26(34)32(18-27(35)36-5-2)21-13-14-22-23(17-31(3)24(22)16-21)25(33)15-10-19-8-11-20(12-9-19)28(29)30;/h8-9,11-14,16-17H,4-7,10,15,18H2,1-3H3,(H3,29,30);1H. The molecule has 0 radical (unpaired) electrons. The van der Waals surface area contributed by atoms with Crippen molar-refractivity contribution in [1.29, 1.82) is 5.41 Å². The van der Waals surface area contributed by atoms with Gasteiger partial charge in [-0.1, -0.05) is 43.7 Å². The van der Waals surface area contributed by atoms with Gasteiger partial charge in [-0.3, -0.25) is 19.8 Å². The minimum absolute atomic E-state index is 0. The van der Waals surface area contributed by atoms with Crippen molar-refractivity contribution in [1.82, 2.24) is 4.57 Å². The van der Waals surface area contributed by atoms with E-state index >= 15 is 0 Å². The molecule has 3 aromatic rings. The number of nitrogens with one attached hydrogen (secondary N) is 1. The van der Waals surface area contributed by atoms with Crippen molar-refractivity contribution in [2.45, 2.75) is 46.0 Å². The first-order valence-electron chi connectivity index (χ1n) is 12.3. The van der Waals surface area contributed by atoms with Gasteiger partial charge in [0, 0.05) is 48.3 Å². The van der Waals surface area contributed by atoms with Gasteiger partial charge < -0.3 is 19.9 Å². The van der Waals surface area contributed by atoms with Gasteiger partial charge in [0.1, 0.15) is 12.4 Å². The van der Waals surface area contributed by atoms with E-state index in [0.29, 0.717) is 36.1 Å². The Balaban J connectivity index is 0.00000481. The van der Waals surface area contributed by atoms with Crippen molar-refractivity contribution >= 4 is 52.5 Å². The molecule has 8 nitrogen and oxygen atoms in total. The number of Topliss-reactive ketones (excluding diaryl/α,β-unsaturated/α-hetero) is 1. The van der Waals surface area contributed by atoms with E-state index in [-0.39, 0.29) is 43.1 Å². The van der Waals surface area contributed by atoms with Crippen LogP contribution in [-0.2, 0) is 27.8 Å². The van der Waals surface area contributed by atoms with Crippen molar-refractivity contribution < 1.29 is 19.1 Å². The number of esters is 1. The molecule has 0 fully saturated rings. The summed E-state index contributed by atoms with van der Waals surface area (Å²) >= 11 is 0. The Kier molecular flexibility index (Phi) is 10.9. The van der Waals surface area contributed by atoms with E-state index in [4.69, 9.17) is 15.9 Å². The normalized spacial score (nSPS) is 10.6. The SMILES string of the molecule is CCCCC(=O)N(CC(=O)OCC)c1ccc2c(C(=O)CCc3ccc(C(=N)N)cc3)cn(C)c2c1.Cl. The second kappa shape index (κ2) is 13.6. The second-order valence-corrected chi connectivity index (χ2v) is 8.78. The van der Waals surface area contributed by atoms with Gasteiger partial charge in [0.15, 0.2) is 5.78 Å². The van der Waals surface area contributed by atoms with E-state index in [1.54, 1.807) is 25.1 Å². The number of benzene rings is 2. The Morgan fingerprint density at radius 1 is 1.05 bits per heavy atom. The van der Waals surface area contributed by atoms with Crippen molar-refractivity contribution in [3.63, 3.8) is 0 Å². The van der Waals surface area contributed by atoms with E-state index < -0.39 is 5.97 Å². The number of carbonyl (C=O) groups is 3. The molecule has 9 heteroatoms. The minimum Gasteiger partial charge on any atom is -0.465 e. The number of amidine groups is 1. The summed E-state index contributed by atoms with van der Waals surface area (Å²) in [5, 5.41) is 8.29. The number of hydrogen-bond donors (Lipinski definition) is 2. The van der Waals surface area contributed by atoms with E-state index in [2.05, 4.69) is 0 Å². The van der Waals surface area contributed by atoms with Crippen LogP contribution in [0.25, 0.3) is 10.9 Å². The number of fused-ring (bicyclic) bond motifs is 1. The summed E-state index contributed by atoms with van der Waals surface area (Å²) in [5.41, 5.74) is 9.18. The fraction of sp³-hybridized carbons (Fsp3) is 0.357. The molecule has 0 saturated carbocycles.